The Morgan fingerprint density at radius 1 is 0.872 bits per heavy atom. The smallest absolute Gasteiger partial charge is 0.165 e. The monoisotopic (exact) mass is 518 g/mol. The molecule has 5 aromatic rings. The van der Waals surface area contributed by atoms with E-state index in [1.165, 1.54) is 6.42 Å². The highest BCUT2D eigenvalue weighted by Gasteiger charge is 2.34. The summed E-state index contributed by atoms with van der Waals surface area (Å²) in [4.78, 5) is 21.3. The van der Waals surface area contributed by atoms with E-state index in [0.29, 0.717) is 11.6 Å². The predicted molar refractivity (Wildman–Crippen MR) is 152 cm³/mol. The fraction of sp³-hybridized carbons (Fsp3) is 0.267. The highest BCUT2D eigenvalue weighted by Crippen LogP contribution is 2.39. The zero-order valence-electron chi connectivity index (χ0n) is 21.6. The number of rotatable bonds is 5. The Bertz CT molecular complexity index is 1630. The molecule has 9 heteroatoms. The summed E-state index contributed by atoms with van der Waals surface area (Å²) in [5.74, 6) is 2.07. The van der Waals surface area contributed by atoms with Crippen LogP contribution in [0.4, 0.5) is 11.6 Å². The van der Waals surface area contributed by atoms with Crippen LogP contribution in [-0.4, -0.2) is 50.8 Å². The van der Waals surface area contributed by atoms with Crippen molar-refractivity contribution in [2.75, 3.05) is 36.9 Å². The van der Waals surface area contributed by atoms with Crippen LogP contribution >= 0.6 is 0 Å². The van der Waals surface area contributed by atoms with Gasteiger partial charge in [0.1, 0.15) is 17.2 Å². The van der Waals surface area contributed by atoms with Crippen molar-refractivity contribution in [1.82, 2.24) is 24.5 Å². The molecule has 0 amide bonds. The topological polar surface area (TPSA) is 121 Å². The van der Waals surface area contributed by atoms with Crippen molar-refractivity contribution in [3.8, 4) is 28.3 Å². The number of imidazole rings is 1. The molecule has 4 aromatic heterocycles. The number of nitrogen functional groups attached to an aromatic ring is 1. The van der Waals surface area contributed by atoms with Crippen LogP contribution in [-0.2, 0) is 10.3 Å². The average Bonchev–Trinajstić information content (AvgIpc) is 3.35. The molecule has 39 heavy (non-hydrogen) atoms. The van der Waals surface area contributed by atoms with E-state index in [1.807, 2.05) is 36.5 Å². The molecule has 2 fully saturated rings. The fourth-order valence-electron chi connectivity index (χ4n) is 5.46. The fourth-order valence-corrected chi connectivity index (χ4v) is 5.46. The Kier molecular flexibility index (Phi) is 5.75. The lowest BCUT2D eigenvalue weighted by molar-refractivity contribution is 0.122. The normalized spacial score (nSPS) is 16.8. The summed E-state index contributed by atoms with van der Waals surface area (Å²) in [5, 5.41) is 0. The number of hydrogen-bond donors (Lipinski definition) is 2. The molecule has 1 aromatic carbocycles. The number of nitrogens with two attached hydrogens (primary N) is 2. The molecule has 0 atom stereocenters. The number of nitrogens with zero attached hydrogens (tertiary/aromatic N) is 6. The molecular weight excluding hydrogens is 488 g/mol. The molecule has 1 saturated carbocycles. The largest absolute Gasteiger partial charge is 0.383 e. The number of morpholine rings is 1. The number of benzene rings is 1. The first-order valence-electron chi connectivity index (χ1n) is 13.4. The molecular formula is C30H30N8O. The maximum Gasteiger partial charge on any atom is 0.165 e. The van der Waals surface area contributed by atoms with Crippen molar-refractivity contribution in [2.45, 2.75) is 24.8 Å². The summed E-state index contributed by atoms with van der Waals surface area (Å²) in [7, 11) is 0. The third-order valence-electron chi connectivity index (χ3n) is 7.91. The minimum atomic E-state index is -0.224. The second kappa shape index (κ2) is 9.44. The van der Waals surface area contributed by atoms with Gasteiger partial charge in [-0.05, 0) is 73.4 Å². The van der Waals surface area contributed by atoms with Crippen LogP contribution in [0.2, 0.25) is 0 Å². The molecule has 0 spiro atoms. The summed E-state index contributed by atoms with van der Waals surface area (Å²) < 4.78 is 7.52. The maximum absolute atomic E-state index is 6.60. The quantitative estimate of drug-likeness (QED) is 0.353. The summed E-state index contributed by atoms with van der Waals surface area (Å²) in [6, 6.07) is 20.3. The molecule has 0 unspecified atom stereocenters. The number of aromatic nitrogens is 5. The van der Waals surface area contributed by atoms with Gasteiger partial charge in [0.05, 0.1) is 24.5 Å². The van der Waals surface area contributed by atoms with Crippen LogP contribution in [0.5, 0.6) is 0 Å². The summed E-state index contributed by atoms with van der Waals surface area (Å²) in [5.41, 5.74) is 18.8. The van der Waals surface area contributed by atoms with Crippen molar-refractivity contribution in [2.24, 2.45) is 5.73 Å². The van der Waals surface area contributed by atoms with Gasteiger partial charge in [0, 0.05) is 42.3 Å². The number of anilines is 2. The van der Waals surface area contributed by atoms with E-state index in [0.717, 1.165) is 84.2 Å². The van der Waals surface area contributed by atoms with Crippen molar-refractivity contribution < 1.29 is 4.74 Å². The number of pyridine rings is 3. The van der Waals surface area contributed by atoms with Gasteiger partial charge in [0.25, 0.3) is 0 Å². The average molecular weight is 519 g/mol. The van der Waals surface area contributed by atoms with Gasteiger partial charge in [-0.15, -0.1) is 0 Å². The Hall–Kier alpha value is -4.34. The molecule has 7 rings (SSSR count). The standard InChI is InChI=1S/C30H30N8O/c31-27-23(3-1-14-33-27)28-36-25-10-9-24(20-4-11-26(34-19-20)37-15-17-39-18-16-37)35-29(25)38(28)22-7-5-21(6-8-22)30(32)12-2-13-30/h1,3-11,14,19H,2,12-13,15-18,32H2,(H2,31,33). The maximum atomic E-state index is 6.60. The van der Waals surface area contributed by atoms with E-state index in [4.69, 9.17) is 31.2 Å². The van der Waals surface area contributed by atoms with E-state index >= 15 is 0 Å². The first-order chi connectivity index (χ1) is 19.1. The lowest BCUT2D eigenvalue weighted by Gasteiger charge is -2.38. The molecule has 0 bridgehead atoms. The van der Waals surface area contributed by atoms with Gasteiger partial charge in [0.15, 0.2) is 11.5 Å². The summed E-state index contributed by atoms with van der Waals surface area (Å²) in [6.07, 6.45) is 6.77. The molecule has 1 aliphatic carbocycles. The lowest BCUT2D eigenvalue weighted by atomic mass is 9.73. The van der Waals surface area contributed by atoms with Gasteiger partial charge >= 0.3 is 0 Å². The zero-order valence-corrected chi connectivity index (χ0v) is 21.6. The van der Waals surface area contributed by atoms with E-state index in [1.54, 1.807) is 6.20 Å². The van der Waals surface area contributed by atoms with Crippen LogP contribution < -0.4 is 16.4 Å². The van der Waals surface area contributed by atoms with Crippen LogP contribution in [0.25, 0.3) is 39.5 Å². The van der Waals surface area contributed by atoms with Crippen molar-refractivity contribution in [3.05, 3.63) is 78.6 Å². The van der Waals surface area contributed by atoms with E-state index in [9.17, 15) is 0 Å². The molecule has 2 aliphatic rings. The third-order valence-corrected chi connectivity index (χ3v) is 7.91. The molecule has 1 aliphatic heterocycles. The van der Waals surface area contributed by atoms with Crippen molar-refractivity contribution in [1.29, 1.82) is 0 Å². The van der Waals surface area contributed by atoms with Gasteiger partial charge in [-0.1, -0.05) is 12.1 Å². The highest BCUT2D eigenvalue weighted by atomic mass is 16.5. The van der Waals surface area contributed by atoms with Gasteiger partial charge in [-0.25, -0.2) is 19.9 Å². The predicted octanol–water partition coefficient (Wildman–Crippen LogP) is 4.30. The zero-order chi connectivity index (χ0) is 26.4. The lowest BCUT2D eigenvalue weighted by Crippen LogP contribution is -2.43. The van der Waals surface area contributed by atoms with E-state index < -0.39 is 0 Å². The Labute approximate surface area is 226 Å². The Morgan fingerprint density at radius 2 is 1.69 bits per heavy atom. The Balaban J connectivity index is 1.33. The Morgan fingerprint density at radius 3 is 2.38 bits per heavy atom. The second-order valence-electron chi connectivity index (χ2n) is 10.3. The third kappa shape index (κ3) is 4.20. The molecule has 0 radical (unpaired) electrons. The number of hydrogen-bond acceptors (Lipinski definition) is 8. The number of fused-ring (bicyclic) bond motifs is 1. The van der Waals surface area contributed by atoms with Crippen LogP contribution in [0.3, 0.4) is 0 Å². The molecule has 1 saturated heterocycles. The molecule has 5 heterocycles. The molecule has 4 N–H and O–H groups in total. The minimum Gasteiger partial charge on any atom is -0.383 e. The highest BCUT2D eigenvalue weighted by molar-refractivity contribution is 5.84. The van der Waals surface area contributed by atoms with Crippen molar-refractivity contribution >= 4 is 22.8 Å². The van der Waals surface area contributed by atoms with E-state index in [2.05, 4.69) is 44.8 Å². The first kappa shape index (κ1) is 23.8. The summed E-state index contributed by atoms with van der Waals surface area (Å²) in [6.45, 7) is 3.14. The van der Waals surface area contributed by atoms with Gasteiger partial charge in [-0.3, -0.25) is 4.57 Å². The van der Waals surface area contributed by atoms with Gasteiger partial charge < -0.3 is 21.1 Å². The van der Waals surface area contributed by atoms with Crippen LogP contribution in [0.15, 0.2) is 73.1 Å². The van der Waals surface area contributed by atoms with Gasteiger partial charge in [-0.2, -0.15) is 0 Å². The molecule has 9 nitrogen and oxygen atoms in total. The SMILES string of the molecule is Nc1ncccc1-c1nc2ccc(-c3ccc(N4CCOCC4)nc3)nc2n1-c1ccc(C2(N)CCC2)cc1. The van der Waals surface area contributed by atoms with Gasteiger partial charge in [0.2, 0.25) is 0 Å². The van der Waals surface area contributed by atoms with Crippen LogP contribution in [0, 0.1) is 0 Å². The number of ether oxygens (including phenoxy) is 1. The van der Waals surface area contributed by atoms with E-state index in [-0.39, 0.29) is 5.54 Å². The first-order valence-corrected chi connectivity index (χ1v) is 13.4. The minimum absolute atomic E-state index is 0.224. The summed E-state index contributed by atoms with van der Waals surface area (Å²) >= 11 is 0. The van der Waals surface area contributed by atoms with Crippen molar-refractivity contribution in [3.63, 3.8) is 0 Å². The second-order valence-corrected chi connectivity index (χ2v) is 10.3. The van der Waals surface area contributed by atoms with Crippen LogP contribution in [0.1, 0.15) is 24.8 Å². The molecule has 196 valence electrons.